The van der Waals surface area contributed by atoms with Gasteiger partial charge in [-0.1, -0.05) is 17.9 Å². The van der Waals surface area contributed by atoms with Crippen molar-refractivity contribution in [1.29, 1.82) is 0 Å². The second-order valence-electron chi connectivity index (χ2n) is 5.04. The molecular weight excluding hydrogens is 252 g/mol. The van der Waals surface area contributed by atoms with Gasteiger partial charge in [0, 0.05) is 11.3 Å². The van der Waals surface area contributed by atoms with Crippen molar-refractivity contribution in [2.24, 2.45) is 5.73 Å². The highest BCUT2D eigenvalue weighted by molar-refractivity contribution is 5.95. The summed E-state index contributed by atoms with van der Waals surface area (Å²) in [5.74, 6) is 5.69. The Morgan fingerprint density at radius 1 is 1.50 bits per heavy atom. The summed E-state index contributed by atoms with van der Waals surface area (Å²) in [6, 6.07) is 5.73. The molecule has 20 heavy (non-hydrogen) atoms. The van der Waals surface area contributed by atoms with Crippen molar-refractivity contribution in [3.05, 3.63) is 29.3 Å². The molecule has 0 aromatic heterocycles. The first-order chi connectivity index (χ1) is 9.60. The average molecular weight is 272 g/mol. The van der Waals surface area contributed by atoms with E-state index in [1.807, 2.05) is 32.0 Å². The maximum atomic E-state index is 12.1. The van der Waals surface area contributed by atoms with Gasteiger partial charge in [0.15, 0.2) is 0 Å². The molecule has 1 fully saturated rings. The number of nitrogens with two attached hydrogens (primary N) is 1. The van der Waals surface area contributed by atoms with E-state index < -0.39 is 0 Å². The number of hydrogen-bond acceptors (Lipinski definition) is 3. The Hall–Kier alpha value is -1.83. The van der Waals surface area contributed by atoms with E-state index >= 15 is 0 Å². The fourth-order valence-electron chi connectivity index (χ4n) is 2.20. The van der Waals surface area contributed by atoms with Gasteiger partial charge in [0.2, 0.25) is 0 Å². The van der Waals surface area contributed by atoms with Gasteiger partial charge in [-0.2, -0.15) is 0 Å². The third-order valence-corrected chi connectivity index (χ3v) is 3.35. The van der Waals surface area contributed by atoms with Gasteiger partial charge in [-0.3, -0.25) is 4.79 Å². The molecule has 0 aliphatic carbocycles. The highest BCUT2D eigenvalue weighted by Crippen LogP contribution is 2.22. The number of benzene rings is 1. The second kappa shape index (κ2) is 6.56. The highest BCUT2D eigenvalue weighted by Gasteiger charge is 2.28. The maximum absolute atomic E-state index is 12.1. The van der Waals surface area contributed by atoms with Crippen molar-refractivity contribution in [3.63, 3.8) is 0 Å². The summed E-state index contributed by atoms with van der Waals surface area (Å²) >= 11 is 0. The summed E-state index contributed by atoms with van der Waals surface area (Å²) in [4.78, 5) is 12.1. The Balaban J connectivity index is 2.10. The predicted molar refractivity (Wildman–Crippen MR) is 79.3 cm³/mol. The minimum Gasteiger partial charge on any atom is -0.365 e. The summed E-state index contributed by atoms with van der Waals surface area (Å²) in [7, 11) is 0. The third-order valence-electron chi connectivity index (χ3n) is 3.35. The maximum Gasteiger partial charge on any atom is 0.253 e. The first-order valence-corrected chi connectivity index (χ1v) is 6.86. The molecule has 1 aliphatic rings. The van der Waals surface area contributed by atoms with Crippen LogP contribution in [0.25, 0.3) is 0 Å². The lowest BCUT2D eigenvalue weighted by molar-refractivity contribution is -0.126. The quantitative estimate of drug-likeness (QED) is 0.807. The molecule has 2 rings (SSSR count). The molecule has 0 spiro atoms. The Labute approximate surface area is 119 Å². The molecule has 0 bridgehead atoms. The molecule has 106 valence electrons. The SMILES string of the molecule is Cc1ccc(C#CCN)cc1NC(=O)C1CCC(C)O1. The lowest BCUT2D eigenvalue weighted by Gasteiger charge is -2.13. The van der Waals surface area contributed by atoms with Crippen molar-refractivity contribution < 1.29 is 9.53 Å². The first kappa shape index (κ1) is 14.6. The van der Waals surface area contributed by atoms with E-state index in [1.165, 1.54) is 0 Å². The number of rotatable bonds is 2. The van der Waals surface area contributed by atoms with Gasteiger partial charge in [-0.25, -0.2) is 0 Å². The molecule has 1 aromatic carbocycles. The largest absolute Gasteiger partial charge is 0.365 e. The molecule has 0 saturated carbocycles. The van der Waals surface area contributed by atoms with Crippen molar-refractivity contribution in [1.82, 2.24) is 0 Å². The van der Waals surface area contributed by atoms with Crippen molar-refractivity contribution in [3.8, 4) is 11.8 Å². The van der Waals surface area contributed by atoms with E-state index in [0.29, 0.717) is 6.54 Å². The zero-order chi connectivity index (χ0) is 14.5. The van der Waals surface area contributed by atoms with Crippen molar-refractivity contribution in [2.45, 2.75) is 38.9 Å². The van der Waals surface area contributed by atoms with Crippen LogP contribution in [0.15, 0.2) is 18.2 Å². The van der Waals surface area contributed by atoms with Crippen LogP contribution in [0.3, 0.4) is 0 Å². The van der Waals surface area contributed by atoms with Crippen LogP contribution in [0, 0.1) is 18.8 Å². The van der Waals surface area contributed by atoms with Crippen LogP contribution in [0.1, 0.15) is 30.9 Å². The Morgan fingerprint density at radius 3 is 2.95 bits per heavy atom. The number of anilines is 1. The first-order valence-electron chi connectivity index (χ1n) is 6.86. The highest BCUT2D eigenvalue weighted by atomic mass is 16.5. The van der Waals surface area contributed by atoms with Gasteiger partial charge < -0.3 is 15.8 Å². The standard InChI is InChI=1S/C16H20N2O2/c1-11-5-7-13(4-3-9-17)10-14(11)18-16(19)15-8-6-12(2)20-15/h5,7,10,12,15H,6,8-9,17H2,1-2H3,(H,18,19). The Kier molecular flexibility index (Phi) is 4.78. The normalized spacial score (nSPS) is 21.1. The fourth-order valence-corrected chi connectivity index (χ4v) is 2.20. The van der Waals surface area contributed by atoms with Gasteiger partial charge >= 0.3 is 0 Å². The number of nitrogens with one attached hydrogen (secondary N) is 1. The van der Waals surface area contributed by atoms with Gasteiger partial charge in [0.05, 0.1) is 12.6 Å². The van der Waals surface area contributed by atoms with E-state index in [4.69, 9.17) is 10.5 Å². The van der Waals surface area contributed by atoms with Crippen LogP contribution in [-0.2, 0) is 9.53 Å². The molecule has 1 aliphatic heterocycles. The third kappa shape index (κ3) is 3.60. The molecule has 0 radical (unpaired) electrons. The molecule has 1 saturated heterocycles. The van der Waals surface area contributed by atoms with Crippen LogP contribution in [0.4, 0.5) is 5.69 Å². The Bertz CT molecular complexity index is 557. The molecule has 4 nitrogen and oxygen atoms in total. The zero-order valence-corrected chi connectivity index (χ0v) is 11.9. The topological polar surface area (TPSA) is 64.3 Å². The molecule has 2 atom stereocenters. The number of carbonyl (C=O) groups excluding carboxylic acids is 1. The predicted octanol–water partition coefficient (Wildman–Crippen LogP) is 1.81. The lowest BCUT2D eigenvalue weighted by Crippen LogP contribution is -2.28. The number of ether oxygens (including phenoxy) is 1. The van der Waals surface area contributed by atoms with Crippen LogP contribution in [0.2, 0.25) is 0 Å². The zero-order valence-electron chi connectivity index (χ0n) is 11.9. The van der Waals surface area contributed by atoms with Crippen LogP contribution < -0.4 is 11.1 Å². The van der Waals surface area contributed by atoms with E-state index in [2.05, 4.69) is 17.2 Å². The van der Waals surface area contributed by atoms with E-state index in [1.54, 1.807) is 0 Å². The molecule has 1 amide bonds. The monoisotopic (exact) mass is 272 g/mol. The van der Waals surface area contributed by atoms with Crippen LogP contribution in [-0.4, -0.2) is 24.7 Å². The number of hydrogen-bond donors (Lipinski definition) is 2. The van der Waals surface area contributed by atoms with Crippen molar-refractivity contribution in [2.75, 3.05) is 11.9 Å². The summed E-state index contributed by atoms with van der Waals surface area (Å²) in [5, 5.41) is 2.93. The van der Waals surface area contributed by atoms with Crippen LogP contribution >= 0.6 is 0 Å². The Morgan fingerprint density at radius 2 is 2.30 bits per heavy atom. The fraction of sp³-hybridized carbons (Fsp3) is 0.438. The minimum absolute atomic E-state index is 0.0821. The molecule has 2 unspecified atom stereocenters. The van der Waals surface area contributed by atoms with Gasteiger partial charge in [-0.05, 0) is 44.4 Å². The van der Waals surface area contributed by atoms with Gasteiger partial charge in [0.1, 0.15) is 6.10 Å². The second-order valence-corrected chi connectivity index (χ2v) is 5.04. The molecule has 3 N–H and O–H groups in total. The lowest BCUT2D eigenvalue weighted by atomic mass is 10.1. The summed E-state index contributed by atoms with van der Waals surface area (Å²) in [5.41, 5.74) is 7.99. The summed E-state index contributed by atoms with van der Waals surface area (Å²) < 4.78 is 5.57. The average Bonchev–Trinajstić information content (AvgIpc) is 2.86. The molecule has 4 heteroatoms. The van der Waals surface area contributed by atoms with Gasteiger partial charge in [-0.15, -0.1) is 0 Å². The van der Waals surface area contributed by atoms with Gasteiger partial charge in [0.25, 0.3) is 5.91 Å². The summed E-state index contributed by atoms with van der Waals surface area (Å²) in [6.45, 7) is 4.26. The van der Waals surface area contributed by atoms with E-state index in [-0.39, 0.29) is 18.1 Å². The molecule has 1 aromatic rings. The minimum atomic E-state index is -0.344. The van der Waals surface area contributed by atoms with Crippen LogP contribution in [0.5, 0.6) is 0 Å². The number of carbonyl (C=O) groups is 1. The molecular formula is C16H20N2O2. The number of aryl methyl sites for hydroxylation is 1. The van der Waals surface area contributed by atoms with E-state index in [9.17, 15) is 4.79 Å². The molecule has 1 heterocycles. The number of amides is 1. The smallest absolute Gasteiger partial charge is 0.253 e. The van der Waals surface area contributed by atoms with Crippen molar-refractivity contribution >= 4 is 11.6 Å². The summed E-state index contributed by atoms with van der Waals surface area (Å²) in [6.07, 6.45) is 1.52. The van der Waals surface area contributed by atoms with E-state index in [0.717, 1.165) is 29.7 Å².